The molecule has 1 aliphatic rings. The summed E-state index contributed by atoms with van der Waals surface area (Å²) in [6.45, 7) is 6.37. The Hall–Kier alpha value is -0.570. The minimum Gasteiger partial charge on any atom is -0.345 e. The van der Waals surface area contributed by atoms with Crippen LogP contribution >= 0.6 is 0 Å². The Morgan fingerprint density at radius 3 is 2.74 bits per heavy atom. The molecule has 2 unspecified atom stereocenters. The van der Waals surface area contributed by atoms with Gasteiger partial charge in [0.25, 0.3) is 0 Å². The maximum Gasteiger partial charge on any atom is 0.225 e. The van der Waals surface area contributed by atoms with Crippen LogP contribution in [-0.4, -0.2) is 37.0 Å². The fourth-order valence-corrected chi connectivity index (χ4v) is 2.89. The van der Waals surface area contributed by atoms with Gasteiger partial charge in [-0.2, -0.15) is 0 Å². The van der Waals surface area contributed by atoms with E-state index in [9.17, 15) is 4.79 Å². The zero-order chi connectivity index (χ0) is 14.1. The molecule has 0 aromatic carbocycles. The number of nitrogens with one attached hydrogen (secondary N) is 1. The molecule has 0 saturated carbocycles. The molecule has 1 amide bonds. The standard InChI is InChI=1S/C16H32N2O/c1-4-6-9-14(5-2)16(19)18(3)13-11-15-10-7-8-12-17-15/h14-15,17H,4-13H2,1-3H3. The first-order valence-corrected chi connectivity index (χ1v) is 8.17. The largest absolute Gasteiger partial charge is 0.345 e. The minimum atomic E-state index is 0.240. The molecule has 1 aliphatic heterocycles. The van der Waals surface area contributed by atoms with Crippen molar-refractivity contribution >= 4 is 5.91 Å². The molecule has 0 aromatic heterocycles. The zero-order valence-electron chi connectivity index (χ0n) is 13.1. The number of hydrogen-bond donors (Lipinski definition) is 1. The highest BCUT2D eigenvalue weighted by atomic mass is 16.2. The van der Waals surface area contributed by atoms with E-state index in [0.717, 1.165) is 32.4 Å². The van der Waals surface area contributed by atoms with Crippen LogP contribution in [-0.2, 0) is 4.79 Å². The van der Waals surface area contributed by atoms with Crippen LogP contribution in [0.5, 0.6) is 0 Å². The van der Waals surface area contributed by atoms with Crippen molar-refractivity contribution in [3.8, 4) is 0 Å². The number of carbonyl (C=O) groups excluding carboxylic acids is 1. The average Bonchev–Trinajstić information content (AvgIpc) is 2.46. The number of carbonyl (C=O) groups is 1. The molecule has 0 spiro atoms. The Bertz CT molecular complexity index is 249. The van der Waals surface area contributed by atoms with Crippen LogP contribution in [0.25, 0.3) is 0 Å². The van der Waals surface area contributed by atoms with Crippen LogP contribution < -0.4 is 5.32 Å². The summed E-state index contributed by atoms with van der Waals surface area (Å²) in [5.41, 5.74) is 0. The summed E-state index contributed by atoms with van der Waals surface area (Å²) in [4.78, 5) is 14.3. The van der Waals surface area contributed by atoms with Gasteiger partial charge in [-0.1, -0.05) is 33.1 Å². The lowest BCUT2D eigenvalue weighted by molar-refractivity contribution is -0.134. The molecule has 0 bridgehead atoms. The topological polar surface area (TPSA) is 32.3 Å². The first kappa shape index (κ1) is 16.5. The number of rotatable bonds is 8. The molecule has 0 aromatic rings. The molecular formula is C16H32N2O. The molecule has 3 nitrogen and oxygen atoms in total. The Morgan fingerprint density at radius 1 is 1.37 bits per heavy atom. The van der Waals surface area contributed by atoms with Gasteiger partial charge in [0.2, 0.25) is 5.91 Å². The molecule has 1 N–H and O–H groups in total. The summed E-state index contributed by atoms with van der Waals surface area (Å²) in [5.74, 6) is 0.594. The molecule has 2 atom stereocenters. The predicted molar refractivity (Wildman–Crippen MR) is 81.2 cm³/mol. The molecule has 112 valence electrons. The number of amides is 1. The normalized spacial score (nSPS) is 21.1. The van der Waals surface area contributed by atoms with Crippen molar-refractivity contribution in [2.45, 2.75) is 71.3 Å². The van der Waals surface area contributed by atoms with E-state index in [2.05, 4.69) is 19.2 Å². The van der Waals surface area contributed by atoms with E-state index in [-0.39, 0.29) is 5.92 Å². The van der Waals surface area contributed by atoms with Crippen LogP contribution in [0, 0.1) is 5.92 Å². The SMILES string of the molecule is CCCCC(CC)C(=O)N(C)CCC1CCCCN1. The quantitative estimate of drug-likeness (QED) is 0.733. The van der Waals surface area contributed by atoms with Crippen LogP contribution in [0.15, 0.2) is 0 Å². The lowest BCUT2D eigenvalue weighted by Gasteiger charge is -2.27. The second-order valence-electron chi connectivity index (χ2n) is 5.94. The maximum absolute atomic E-state index is 12.4. The number of hydrogen-bond acceptors (Lipinski definition) is 2. The molecule has 1 rings (SSSR count). The van der Waals surface area contributed by atoms with E-state index in [1.54, 1.807) is 0 Å². The predicted octanol–water partition coefficient (Wildman–Crippen LogP) is 3.19. The first-order valence-electron chi connectivity index (χ1n) is 8.17. The Morgan fingerprint density at radius 2 is 2.16 bits per heavy atom. The van der Waals surface area contributed by atoms with Crippen molar-refractivity contribution in [3.63, 3.8) is 0 Å². The average molecular weight is 268 g/mol. The molecule has 1 heterocycles. The molecule has 0 radical (unpaired) electrons. The van der Waals surface area contributed by atoms with E-state index < -0.39 is 0 Å². The molecule has 19 heavy (non-hydrogen) atoms. The maximum atomic E-state index is 12.4. The molecule has 1 saturated heterocycles. The first-order chi connectivity index (χ1) is 9.19. The Kier molecular flexibility index (Phi) is 8.11. The van der Waals surface area contributed by atoms with Gasteiger partial charge in [-0.25, -0.2) is 0 Å². The van der Waals surface area contributed by atoms with Gasteiger partial charge in [-0.3, -0.25) is 4.79 Å². The van der Waals surface area contributed by atoms with Crippen LogP contribution in [0.4, 0.5) is 0 Å². The molecule has 3 heteroatoms. The third-order valence-electron chi connectivity index (χ3n) is 4.35. The van der Waals surface area contributed by atoms with E-state index in [1.807, 2.05) is 11.9 Å². The zero-order valence-corrected chi connectivity index (χ0v) is 13.1. The lowest BCUT2D eigenvalue weighted by Crippen LogP contribution is -2.39. The Labute approximate surface area is 119 Å². The Balaban J connectivity index is 2.29. The summed E-state index contributed by atoms with van der Waals surface area (Å²) < 4.78 is 0. The number of unbranched alkanes of at least 4 members (excludes halogenated alkanes) is 1. The van der Waals surface area contributed by atoms with Crippen molar-refractivity contribution in [3.05, 3.63) is 0 Å². The van der Waals surface area contributed by atoms with Crippen molar-refractivity contribution in [2.75, 3.05) is 20.1 Å². The van der Waals surface area contributed by atoms with Crippen molar-refractivity contribution in [1.82, 2.24) is 10.2 Å². The van der Waals surface area contributed by atoms with Crippen LogP contribution in [0.3, 0.4) is 0 Å². The highest BCUT2D eigenvalue weighted by molar-refractivity contribution is 5.78. The van der Waals surface area contributed by atoms with Crippen molar-refractivity contribution in [1.29, 1.82) is 0 Å². The summed E-state index contributed by atoms with van der Waals surface area (Å²) in [6, 6.07) is 0.625. The summed E-state index contributed by atoms with van der Waals surface area (Å²) >= 11 is 0. The highest BCUT2D eigenvalue weighted by Crippen LogP contribution is 2.16. The third-order valence-corrected chi connectivity index (χ3v) is 4.35. The van der Waals surface area contributed by atoms with Gasteiger partial charge < -0.3 is 10.2 Å². The van der Waals surface area contributed by atoms with Gasteiger partial charge >= 0.3 is 0 Å². The van der Waals surface area contributed by atoms with E-state index in [1.165, 1.54) is 32.1 Å². The number of piperidine rings is 1. The van der Waals surface area contributed by atoms with Gasteiger partial charge in [0, 0.05) is 25.6 Å². The van der Waals surface area contributed by atoms with Gasteiger partial charge in [0.15, 0.2) is 0 Å². The van der Waals surface area contributed by atoms with Gasteiger partial charge in [-0.15, -0.1) is 0 Å². The van der Waals surface area contributed by atoms with Crippen LogP contribution in [0.1, 0.15) is 65.2 Å². The second-order valence-corrected chi connectivity index (χ2v) is 5.94. The molecule has 0 aliphatic carbocycles. The minimum absolute atomic E-state index is 0.240. The van der Waals surface area contributed by atoms with Gasteiger partial charge in [0.1, 0.15) is 0 Å². The highest BCUT2D eigenvalue weighted by Gasteiger charge is 2.21. The van der Waals surface area contributed by atoms with E-state index in [4.69, 9.17) is 0 Å². The summed E-state index contributed by atoms with van der Waals surface area (Å²) in [6.07, 6.45) is 9.40. The van der Waals surface area contributed by atoms with Crippen LogP contribution in [0.2, 0.25) is 0 Å². The van der Waals surface area contributed by atoms with Gasteiger partial charge in [-0.05, 0) is 38.6 Å². The van der Waals surface area contributed by atoms with E-state index >= 15 is 0 Å². The smallest absolute Gasteiger partial charge is 0.225 e. The van der Waals surface area contributed by atoms with Crippen molar-refractivity contribution in [2.24, 2.45) is 5.92 Å². The molecule has 1 fully saturated rings. The summed E-state index contributed by atoms with van der Waals surface area (Å²) in [7, 11) is 1.97. The van der Waals surface area contributed by atoms with Gasteiger partial charge in [0.05, 0.1) is 0 Å². The fourth-order valence-electron chi connectivity index (χ4n) is 2.89. The summed E-state index contributed by atoms with van der Waals surface area (Å²) in [5, 5.41) is 3.55. The monoisotopic (exact) mass is 268 g/mol. The van der Waals surface area contributed by atoms with E-state index in [0.29, 0.717) is 11.9 Å². The fraction of sp³-hybridized carbons (Fsp3) is 0.938. The van der Waals surface area contributed by atoms with Crippen molar-refractivity contribution < 1.29 is 4.79 Å². The third kappa shape index (κ3) is 5.94. The number of nitrogens with zero attached hydrogens (tertiary/aromatic N) is 1. The second kappa shape index (κ2) is 9.35. The molecular weight excluding hydrogens is 236 g/mol. The lowest BCUT2D eigenvalue weighted by atomic mass is 9.97.